The zero-order valence-corrected chi connectivity index (χ0v) is 12.7. The summed E-state index contributed by atoms with van der Waals surface area (Å²) in [5.41, 5.74) is 0.546. The largest absolute Gasteiger partial charge is 0.478 e. The van der Waals surface area contributed by atoms with Gasteiger partial charge in [0.15, 0.2) is 0 Å². The third-order valence-corrected chi connectivity index (χ3v) is 4.67. The molecule has 0 aliphatic carbocycles. The summed E-state index contributed by atoms with van der Waals surface area (Å²) >= 11 is 0. The second kappa shape index (κ2) is 7.79. The fourth-order valence-corrected chi connectivity index (χ4v) is 3.30. The first-order chi connectivity index (χ1) is 9.69. The van der Waals surface area contributed by atoms with Crippen LogP contribution in [0.15, 0.2) is 11.6 Å². The third kappa shape index (κ3) is 4.60. The number of carbonyl (C=O) groups is 1. The molecule has 20 heavy (non-hydrogen) atoms. The van der Waals surface area contributed by atoms with Gasteiger partial charge in [-0.3, -0.25) is 4.90 Å². The second-order valence-electron chi connectivity index (χ2n) is 6.14. The Bertz CT molecular complexity index is 340. The van der Waals surface area contributed by atoms with Crippen LogP contribution in [0.2, 0.25) is 0 Å². The summed E-state index contributed by atoms with van der Waals surface area (Å²) in [6, 6.07) is 0. The van der Waals surface area contributed by atoms with E-state index in [1.54, 1.807) is 0 Å². The van der Waals surface area contributed by atoms with E-state index < -0.39 is 5.97 Å². The normalized spacial score (nSPS) is 23.4. The molecule has 2 aliphatic rings. The molecule has 0 saturated carbocycles. The van der Waals surface area contributed by atoms with Crippen molar-refractivity contribution in [3.05, 3.63) is 11.6 Å². The number of aliphatic carboxylic acids is 1. The molecule has 2 rings (SSSR count). The first kappa shape index (κ1) is 15.5. The van der Waals surface area contributed by atoms with Crippen molar-refractivity contribution in [1.29, 1.82) is 0 Å². The molecule has 0 radical (unpaired) electrons. The smallest absolute Gasteiger partial charge is 0.331 e. The van der Waals surface area contributed by atoms with Gasteiger partial charge in [-0.2, -0.15) is 0 Å². The Kier molecular flexibility index (Phi) is 6.05. The summed E-state index contributed by atoms with van der Waals surface area (Å²) in [7, 11) is 0. The van der Waals surface area contributed by atoms with E-state index in [0.717, 1.165) is 25.6 Å². The van der Waals surface area contributed by atoms with Crippen LogP contribution in [0.25, 0.3) is 0 Å². The van der Waals surface area contributed by atoms with Crippen molar-refractivity contribution in [2.24, 2.45) is 5.92 Å². The Morgan fingerprint density at radius 2 is 1.80 bits per heavy atom. The highest BCUT2D eigenvalue weighted by Gasteiger charge is 2.22. The Hall–Kier alpha value is -0.870. The second-order valence-corrected chi connectivity index (χ2v) is 6.14. The summed E-state index contributed by atoms with van der Waals surface area (Å²) in [5, 5.41) is 9.01. The number of carboxylic acids is 1. The van der Waals surface area contributed by atoms with E-state index in [4.69, 9.17) is 5.11 Å². The van der Waals surface area contributed by atoms with E-state index in [0.29, 0.717) is 12.0 Å². The minimum Gasteiger partial charge on any atom is -0.478 e. The topological polar surface area (TPSA) is 43.8 Å². The van der Waals surface area contributed by atoms with Gasteiger partial charge < -0.3 is 10.0 Å². The Morgan fingerprint density at radius 1 is 1.15 bits per heavy atom. The molecule has 2 fully saturated rings. The van der Waals surface area contributed by atoms with Crippen molar-refractivity contribution in [3.8, 4) is 0 Å². The maximum atomic E-state index is 11.0. The van der Waals surface area contributed by atoms with E-state index in [1.807, 2.05) is 13.0 Å². The van der Waals surface area contributed by atoms with Crippen LogP contribution in [-0.4, -0.2) is 60.1 Å². The molecule has 0 bridgehead atoms. The Balaban J connectivity index is 1.69. The van der Waals surface area contributed by atoms with Gasteiger partial charge in [0, 0.05) is 18.7 Å². The van der Waals surface area contributed by atoms with Crippen molar-refractivity contribution < 1.29 is 9.90 Å². The maximum Gasteiger partial charge on any atom is 0.331 e. The number of likely N-dealkylation sites (tertiary alicyclic amines) is 2. The molecule has 114 valence electrons. The van der Waals surface area contributed by atoms with E-state index in [2.05, 4.69) is 9.80 Å². The number of nitrogens with zero attached hydrogens (tertiary/aromatic N) is 2. The van der Waals surface area contributed by atoms with Crippen molar-refractivity contribution in [1.82, 2.24) is 9.80 Å². The molecule has 0 aromatic rings. The molecule has 2 heterocycles. The lowest BCUT2D eigenvalue weighted by atomic mass is 9.96. The predicted octanol–water partition coefficient (Wildman–Crippen LogP) is 2.22. The van der Waals surface area contributed by atoms with Gasteiger partial charge in [0.1, 0.15) is 0 Å². The van der Waals surface area contributed by atoms with Gasteiger partial charge in [0.2, 0.25) is 0 Å². The lowest BCUT2D eigenvalue weighted by molar-refractivity contribution is -0.132. The van der Waals surface area contributed by atoms with Gasteiger partial charge >= 0.3 is 5.97 Å². The SMILES string of the molecule is CCC(=CCN1CCC(CN2CCCC2)CC1)C(=O)O. The summed E-state index contributed by atoms with van der Waals surface area (Å²) in [4.78, 5) is 16.0. The van der Waals surface area contributed by atoms with E-state index in [9.17, 15) is 4.79 Å². The Labute approximate surface area is 122 Å². The number of hydrogen-bond donors (Lipinski definition) is 1. The molecule has 0 aromatic heterocycles. The fourth-order valence-electron chi connectivity index (χ4n) is 3.30. The molecule has 0 aromatic carbocycles. The lowest BCUT2D eigenvalue weighted by Gasteiger charge is -2.33. The zero-order valence-electron chi connectivity index (χ0n) is 12.7. The molecule has 1 N–H and O–H groups in total. The highest BCUT2D eigenvalue weighted by molar-refractivity contribution is 5.86. The molecular weight excluding hydrogens is 252 g/mol. The van der Waals surface area contributed by atoms with Crippen LogP contribution in [0.1, 0.15) is 39.0 Å². The number of hydrogen-bond acceptors (Lipinski definition) is 3. The van der Waals surface area contributed by atoms with E-state index in [-0.39, 0.29) is 0 Å². The molecular formula is C16H28N2O2. The minimum atomic E-state index is -0.767. The van der Waals surface area contributed by atoms with Crippen LogP contribution < -0.4 is 0 Å². The lowest BCUT2D eigenvalue weighted by Crippen LogP contribution is -2.38. The highest BCUT2D eigenvalue weighted by atomic mass is 16.4. The van der Waals surface area contributed by atoms with Crippen LogP contribution in [0.5, 0.6) is 0 Å². The molecule has 4 nitrogen and oxygen atoms in total. The maximum absolute atomic E-state index is 11.0. The van der Waals surface area contributed by atoms with Crippen LogP contribution in [-0.2, 0) is 4.79 Å². The van der Waals surface area contributed by atoms with Gasteiger partial charge in [-0.1, -0.05) is 13.0 Å². The molecule has 0 unspecified atom stereocenters. The number of piperidine rings is 1. The highest BCUT2D eigenvalue weighted by Crippen LogP contribution is 2.20. The molecule has 0 spiro atoms. The fraction of sp³-hybridized carbons (Fsp3) is 0.812. The van der Waals surface area contributed by atoms with Crippen molar-refractivity contribution in [2.45, 2.75) is 39.0 Å². The number of rotatable bonds is 6. The van der Waals surface area contributed by atoms with Crippen LogP contribution in [0, 0.1) is 5.92 Å². The monoisotopic (exact) mass is 280 g/mol. The van der Waals surface area contributed by atoms with Crippen molar-refractivity contribution in [2.75, 3.05) is 39.3 Å². The summed E-state index contributed by atoms with van der Waals surface area (Å²) in [6.07, 6.45) is 7.78. The van der Waals surface area contributed by atoms with Gasteiger partial charge in [-0.25, -0.2) is 4.79 Å². The standard InChI is InChI=1S/C16H28N2O2/c1-2-15(16(19)20)7-12-17-10-5-14(6-11-17)13-18-8-3-4-9-18/h7,14H,2-6,8-13H2,1H3,(H,19,20). The molecule has 0 atom stereocenters. The van der Waals surface area contributed by atoms with Crippen molar-refractivity contribution in [3.63, 3.8) is 0 Å². The molecule has 2 saturated heterocycles. The van der Waals surface area contributed by atoms with Gasteiger partial charge in [0.25, 0.3) is 0 Å². The average Bonchev–Trinajstić information content (AvgIpc) is 2.94. The molecule has 4 heteroatoms. The quantitative estimate of drug-likeness (QED) is 0.758. The van der Waals surface area contributed by atoms with Gasteiger partial charge in [-0.05, 0) is 64.2 Å². The zero-order chi connectivity index (χ0) is 14.4. The minimum absolute atomic E-state index is 0.546. The average molecular weight is 280 g/mol. The van der Waals surface area contributed by atoms with Gasteiger partial charge in [-0.15, -0.1) is 0 Å². The molecule has 2 aliphatic heterocycles. The van der Waals surface area contributed by atoms with Crippen LogP contribution >= 0.6 is 0 Å². The predicted molar refractivity (Wildman–Crippen MR) is 80.8 cm³/mol. The van der Waals surface area contributed by atoms with Gasteiger partial charge in [0.05, 0.1) is 0 Å². The summed E-state index contributed by atoms with van der Waals surface area (Å²) < 4.78 is 0. The molecule has 0 amide bonds. The van der Waals surface area contributed by atoms with Crippen LogP contribution in [0.3, 0.4) is 0 Å². The van der Waals surface area contributed by atoms with E-state index >= 15 is 0 Å². The Morgan fingerprint density at radius 3 is 2.35 bits per heavy atom. The third-order valence-electron chi connectivity index (χ3n) is 4.67. The van der Waals surface area contributed by atoms with Crippen molar-refractivity contribution >= 4 is 5.97 Å². The first-order valence-corrected chi connectivity index (χ1v) is 8.06. The van der Waals surface area contributed by atoms with Crippen LogP contribution in [0.4, 0.5) is 0 Å². The van der Waals surface area contributed by atoms with E-state index in [1.165, 1.54) is 45.3 Å². The number of carboxylic acid groups (broad SMARTS) is 1. The summed E-state index contributed by atoms with van der Waals surface area (Å²) in [5.74, 6) is 0.0786. The first-order valence-electron chi connectivity index (χ1n) is 8.06. The summed E-state index contributed by atoms with van der Waals surface area (Å²) in [6.45, 7) is 8.80.